The van der Waals surface area contributed by atoms with Crippen molar-refractivity contribution in [1.82, 2.24) is 15.5 Å². The first kappa shape index (κ1) is 20.2. The number of guanidine groups is 1. The lowest BCUT2D eigenvalue weighted by atomic mass is 9.99. The Morgan fingerprint density at radius 3 is 2.48 bits per heavy atom. The maximum absolute atomic E-state index is 12.9. The Morgan fingerprint density at radius 2 is 1.87 bits per heavy atom. The summed E-state index contributed by atoms with van der Waals surface area (Å²) in [6.45, 7) is 7.30. The monoisotopic (exact) mass is 434 g/mol. The lowest BCUT2D eigenvalue weighted by molar-refractivity contribution is 0.195. The van der Waals surface area contributed by atoms with E-state index in [1.165, 1.54) is 38.1 Å². The first-order valence-electron chi connectivity index (χ1n) is 8.08. The van der Waals surface area contributed by atoms with Crippen molar-refractivity contribution in [3.8, 4) is 0 Å². The van der Waals surface area contributed by atoms with Gasteiger partial charge in [0.05, 0.1) is 0 Å². The molecule has 0 amide bonds. The maximum atomic E-state index is 12.9. The van der Waals surface area contributed by atoms with Crippen LogP contribution < -0.4 is 10.6 Å². The van der Waals surface area contributed by atoms with E-state index in [4.69, 9.17) is 0 Å². The van der Waals surface area contributed by atoms with Gasteiger partial charge in [-0.1, -0.05) is 19.1 Å². The fraction of sp³-hybridized carbons (Fsp3) is 0.588. The molecule has 4 nitrogen and oxygen atoms in total. The van der Waals surface area contributed by atoms with Crippen molar-refractivity contribution in [3.05, 3.63) is 35.6 Å². The number of hydrogen-bond donors (Lipinski definition) is 2. The molecule has 2 N–H and O–H groups in total. The first-order chi connectivity index (χ1) is 10.7. The minimum atomic E-state index is -0.206. The number of piperidine rings is 1. The zero-order chi connectivity index (χ0) is 15.8. The van der Waals surface area contributed by atoms with E-state index in [-0.39, 0.29) is 29.8 Å². The molecular weight excluding hydrogens is 406 g/mol. The topological polar surface area (TPSA) is 39.7 Å². The van der Waals surface area contributed by atoms with E-state index in [1.807, 2.05) is 0 Å². The van der Waals surface area contributed by atoms with Gasteiger partial charge in [0.15, 0.2) is 5.96 Å². The molecule has 1 aliphatic heterocycles. The number of rotatable bonds is 5. The van der Waals surface area contributed by atoms with E-state index in [9.17, 15) is 4.39 Å². The molecule has 0 unspecified atom stereocenters. The minimum Gasteiger partial charge on any atom is -0.355 e. The third kappa shape index (κ3) is 7.48. The van der Waals surface area contributed by atoms with Gasteiger partial charge in [0, 0.05) is 26.7 Å². The highest BCUT2D eigenvalue weighted by molar-refractivity contribution is 14.0. The highest BCUT2D eigenvalue weighted by atomic mass is 127. The van der Waals surface area contributed by atoms with Crippen LogP contribution in [-0.4, -0.2) is 44.1 Å². The molecule has 1 aliphatic rings. The van der Waals surface area contributed by atoms with Crippen LogP contribution in [0.2, 0.25) is 0 Å². The molecule has 0 radical (unpaired) electrons. The molecule has 0 atom stereocenters. The average Bonchev–Trinajstić information content (AvgIpc) is 2.54. The van der Waals surface area contributed by atoms with Gasteiger partial charge >= 0.3 is 0 Å². The summed E-state index contributed by atoms with van der Waals surface area (Å²) in [6.07, 6.45) is 2.61. The Morgan fingerprint density at radius 1 is 1.22 bits per heavy atom. The van der Waals surface area contributed by atoms with Crippen molar-refractivity contribution in [3.63, 3.8) is 0 Å². The third-order valence-electron chi connectivity index (χ3n) is 4.19. The van der Waals surface area contributed by atoms with Crippen molar-refractivity contribution < 1.29 is 4.39 Å². The zero-order valence-electron chi connectivity index (χ0n) is 14.0. The highest BCUT2D eigenvalue weighted by Gasteiger charge is 2.14. The van der Waals surface area contributed by atoms with Gasteiger partial charge in [0.2, 0.25) is 0 Å². The Kier molecular flexibility index (Phi) is 9.47. The summed E-state index contributed by atoms with van der Waals surface area (Å²) in [5.41, 5.74) is 1.04. The normalized spacial score (nSPS) is 16.7. The van der Waals surface area contributed by atoms with Gasteiger partial charge in [-0.2, -0.15) is 0 Å². The number of nitrogens with zero attached hydrogens (tertiary/aromatic N) is 2. The lowest BCUT2D eigenvalue weighted by Gasteiger charge is -2.30. The molecule has 2 rings (SSSR count). The summed E-state index contributed by atoms with van der Waals surface area (Å²) in [4.78, 5) is 6.72. The molecular formula is C17H28FIN4. The van der Waals surface area contributed by atoms with E-state index in [0.29, 0.717) is 6.54 Å². The van der Waals surface area contributed by atoms with Crippen LogP contribution in [-0.2, 0) is 6.54 Å². The number of hydrogen-bond acceptors (Lipinski definition) is 2. The number of benzene rings is 1. The maximum Gasteiger partial charge on any atom is 0.191 e. The molecule has 1 aromatic rings. The zero-order valence-corrected chi connectivity index (χ0v) is 16.3. The van der Waals surface area contributed by atoms with Gasteiger partial charge in [-0.05, 0) is 49.5 Å². The van der Waals surface area contributed by atoms with Crippen LogP contribution in [0.25, 0.3) is 0 Å². The molecule has 0 spiro atoms. The number of likely N-dealkylation sites (tertiary alicyclic amines) is 1. The van der Waals surface area contributed by atoms with Crippen LogP contribution in [0, 0.1) is 11.7 Å². The number of halogens is 2. The van der Waals surface area contributed by atoms with E-state index in [2.05, 4.69) is 27.4 Å². The minimum absolute atomic E-state index is 0. The Balaban J connectivity index is 0.00000264. The van der Waals surface area contributed by atoms with Crippen LogP contribution in [0.5, 0.6) is 0 Å². The van der Waals surface area contributed by atoms with Crippen molar-refractivity contribution in [2.45, 2.75) is 26.3 Å². The second-order valence-corrected chi connectivity index (χ2v) is 6.00. The van der Waals surface area contributed by atoms with E-state index < -0.39 is 0 Å². The first-order valence-corrected chi connectivity index (χ1v) is 8.08. The van der Waals surface area contributed by atoms with Crippen molar-refractivity contribution in [2.75, 3.05) is 33.2 Å². The summed E-state index contributed by atoms with van der Waals surface area (Å²) in [7, 11) is 1.77. The summed E-state index contributed by atoms with van der Waals surface area (Å²) in [5, 5.41) is 6.58. The standard InChI is InChI=1S/C17H27FN4.HI/c1-14-7-10-22(11-8-14)12-9-20-17(19-2)21-13-15-3-5-16(18)6-4-15;/h3-6,14H,7-13H2,1-2H3,(H2,19,20,21);1H. The quantitative estimate of drug-likeness (QED) is 0.426. The second-order valence-electron chi connectivity index (χ2n) is 6.00. The molecule has 0 saturated carbocycles. The SMILES string of the molecule is CN=C(NCCN1CCC(C)CC1)NCc1ccc(F)cc1.I. The predicted molar refractivity (Wildman–Crippen MR) is 105 cm³/mol. The van der Waals surface area contributed by atoms with E-state index in [1.54, 1.807) is 19.2 Å². The Labute approximate surface area is 156 Å². The summed E-state index contributed by atoms with van der Waals surface area (Å²) in [6, 6.07) is 6.52. The van der Waals surface area contributed by atoms with Gasteiger partial charge < -0.3 is 15.5 Å². The van der Waals surface area contributed by atoms with Crippen molar-refractivity contribution in [1.29, 1.82) is 0 Å². The molecule has 0 bridgehead atoms. The molecule has 1 saturated heterocycles. The van der Waals surface area contributed by atoms with Gasteiger partial charge in [-0.25, -0.2) is 4.39 Å². The largest absolute Gasteiger partial charge is 0.355 e. The van der Waals surface area contributed by atoms with Crippen LogP contribution in [0.1, 0.15) is 25.3 Å². The highest BCUT2D eigenvalue weighted by Crippen LogP contribution is 2.15. The van der Waals surface area contributed by atoms with Crippen LogP contribution in [0.4, 0.5) is 4.39 Å². The number of aliphatic imine (C=N–C) groups is 1. The van der Waals surface area contributed by atoms with Crippen molar-refractivity contribution in [2.24, 2.45) is 10.9 Å². The van der Waals surface area contributed by atoms with Gasteiger partial charge in [-0.3, -0.25) is 4.99 Å². The average molecular weight is 434 g/mol. The number of nitrogens with one attached hydrogen (secondary N) is 2. The molecule has 23 heavy (non-hydrogen) atoms. The predicted octanol–water partition coefficient (Wildman–Crippen LogP) is 2.84. The fourth-order valence-electron chi connectivity index (χ4n) is 2.63. The summed E-state index contributed by atoms with van der Waals surface area (Å²) >= 11 is 0. The molecule has 0 aliphatic carbocycles. The third-order valence-corrected chi connectivity index (χ3v) is 4.19. The molecule has 0 aromatic heterocycles. The summed E-state index contributed by atoms with van der Waals surface area (Å²) < 4.78 is 12.9. The second kappa shape index (κ2) is 10.8. The molecule has 6 heteroatoms. The molecule has 1 heterocycles. The summed E-state index contributed by atoms with van der Waals surface area (Å²) in [5.74, 6) is 1.45. The van der Waals surface area contributed by atoms with Gasteiger partial charge in [0.1, 0.15) is 5.82 Å². The van der Waals surface area contributed by atoms with Crippen LogP contribution in [0.15, 0.2) is 29.3 Å². The molecule has 1 fully saturated rings. The van der Waals surface area contributed by atoms with Gasteiger partial charge in [0.25, 0.3) is 0 Å². The van der Waals surface area contributed by atoms with E-state index in [0.717, 1.165) is 30.5 Å². The molecule has 1 aromatic carbocycles. The van der Waals surface area contributed by atoms with Crippen LogP contribution in [0.3, 0.4) is 0 Å². The van der Waals surface area contributed by atoms with Crippen LogP contribution >= 0.6 is 24.0 Å². The lowest BCUT2D eigenvalue weighted by Crippen LogP contribution is -2.43. The van der Waals surface area contributed by atoms with Gasteiger partial charge in [-0.15, -0.1) is 24.0 Å². The Hall–Kier alpha value is -0.890. The molecule has 130 valence electrons. The fourth-order valence-corrected chi connectivity index (χ4v) is 2.63. The van der Waals surface area contributed by atoms with Crippen molar-refractivity contribution >= 4 is 29.9 Å². The van der Waals surface area contributed by atoms with E-state index >= 15 is 0 Å². The smallest absolute Gasteiger partial charge is 0.191 e. The Bertz CT molecular complexity index is 470.